The molecule has 21 heavy (non-hydrogen) atoms. The summed E-state index contributed by atoms with van der Waals surface area (Å²) in [7, 11) is 0. The maximum atomic E-state index is 11.8. The SMILES string of the molecule is CCNCCNC(=O)c1ccc(-n2ccnc2)cc1.Cl.Cl. The fraction of sp³-hybridized carbons (Fsp3) is 0.286. The molecule has 0 fully saturated rings. The molecule has 2 rings (SSSR count). The quantitative estimate of drug-likeness (QED) is 0.797. The van der Waals surface area contributed by atoms with Gasteiger partial charge in [0.05, 0.1) is 6.33 Å². The molecular weight excluding hydrogens is 311 g/mol. The first-order valence-electron chi connectivity index (χ1n) is 6.38. The predicted molar refractivity (Wildman–Crippen MR) is 88.9 cm³/mol. The van der Waals surface area contributed by atoms with Crippen molar-refractivity contribution in [3.05, 3.63) is 48.5 Å². The van der Waals surface area contributed by atoms with Gasteiger partial charge in [-0.2, -0.15) is 0 Å². The zero-order valence-corrected chi connectivity index (χ0v) is 13.4. The van der Waals surface area contributed by atoms with Crippen LogP contribution in [0.1, 0.15) is 17.3 Å². The summed E-state index contributed by atoms with van der Waals surface area (Å²) < 4.78 is 1.90. The van der Waals surface area contributed by atoms with Crippen LogP contribution in [-0.4, -0.2) is 35.1 Å². The van der Waals surface area contributed by atoms with Gasteiger partial charge in [-0.15, -0.1) is 24.8 Å². The van der Waals surface area contributed by atoms with Crippen LogP contribution >= 0.6 is 24.8 Å². The lowest BCUT2D eigenvalue weighted by Crippen LogP contribution is -2.31. The highest BCUT2D eigenvalue weighted by Gasteiger charge is 2.04. The van der Waals surface area contributed by atoms with Gasteiger partial charge < -0.3 is 15.2 Å². The molecule has 5 nitrogen and oxygen atoms in total. The van der Waals surface area contributed by atoms with Crippen molar-refractivity contribution in [1.29, 1.82) is 0 Å². The van der Waals surface area contributed by atoms with Crippen LogP contribution in [0.2, 0.25) is 0 Å². The Morgan fingerprint density at radius 3 is 2.48 bits per heavy atom. The van der Waals surface area contributed by atoms with Gasteiger partial charge in [0, 0.05) is 36.7 Å². The Bertz CT molecular complexity index is 514. The number of nitrogens with zero attached hydrogens (tertiary/aromatic N) is 2. The van der Waals surface area contributed by atoms with E-state index < -0.39 is 0 Å². The molecule has 1 aromatic carbocycles. The standard InChI is InChI=1S/C14H18N4O.2ClH/c1-2-15-7-8-17-14(19)12-3-5-13(6-4-12)18-10-9-16-11-18;;/h3-6,9-11,15H,2,7-8H2,1H3,(H,17,19);2*1H. The van der Waals surface area contributed by atoms with Crippen molar-refractivity contribution in [2.45, 2.75) is 6.92 Å². The Morgan fingerprint density at radius 1 is 1.19 bits per heavy atom. The number of hydrogen-bond donors (Lipinski definition) is 2. The molecule has 0 spiro atoms. The average molecular weight is 331 g/mol. The maximum absolute atomic E-state index is 11.8. The number of amides is 1. The number of benzene rings is 1. The van der Waals surface area contributed by atoms with Crippen LogP contribution in [0, 0.1) is 0 Å². The second-order valence-corrected chi connectivity index (χ2v) is 4.13. The number of nitrogens with one attached hydrogen (secondary N) is 2. The van der Waals surface area contributed by atoms with Gasteiger partial charge in [0.2, 0.25) is 0 Å². The third kappa shape index (κ3) is 5.75. The number of likely N-dealkylation sites (N-methyl/N-ethyl adjacent to an activating group) is 1. The summed E-state index contributed by atoms with van der Waals surface area (Å²) in [5, 5.41) is 6.03. The number of carbonyl (C=O) groups is 1. The van der Waals surface area contributed by atoms with Gasteiger partial charge in [-0.3, -0.25) is 4.79 Å². The Labute approximate surface area is 137 Å². The Balaban J connectivity index is 0.00000200. The van der Waals surface area contributed by atoms with Gasteiger partial charge >= 0.3 is 0 Å². The summed E-state index contributed by atoms with van der Waals surface area (Å²) in [6, 6.07) is 7.44. The molecule has 0 saturated carbocycles. The molecule has 1 amide bonds. The summed E-state index contributed by atoms with van der Waals surface area (Å²) in [4.78, 5) is 15.8. The molecule has 116 valence electrons. The number of imidazole rings is 1. The number of carbonyl (C=O) groups excluding carboxylic acids is 1. The van der Waals surface area contributed by atoms with Gasteiger partial charge in [-0.05, 0) is 30.8 Å². The van der Waals surface area contributed by atoms with E-state index in [2.05, 4.69) is 15.6 Å². The molecule has 0 aliphatic rings. The highest BCUT2D eigenvalue weighted by Crippen LogP contribution is 2.09. The lowest BCUT2D eigenvalue weighted by atomic mass is 10.2. The van der Waals surface area contributed by atoms with Crippen LogP contribution in [0.15, 0.2) is 43.0 Å². The molecule has 0 aliphatic carbocycles. The van der Waals surface area contributed by atoms with Gasteiger partial charge in [0.1, 0.15) is 0 Å². The van der Waals surface area contributed by atoms with Crippen molar-refractivity contribution in [2.75, 3.05) is 19.6 Å². The fourth-order valence-electron chi connectivity index (χ4n) is 1.74. The third-order valence-electron chi connectivity index (χ3n) is 2.77. The molecule has 1 heterocycles. The van der Waals surface area contributed by atoms with Crippen molar-refractivity contribution < 1.29 is 4.79 Å². The van der Waals surface area contributed by atoms with E-state index in [4.69, 9.17) is 0 Å². The topological polar surface area (TPSA) is 58.9 Å². The summed E-state index contributed by atoms with van der Waals surface area (Å²) in [5.74, 6) is -0.0462. The first-order chi connectivity index (χ1) is 9.31. The first-order valence-corrected chi connectivity index (χ1v) is 6.38. The predicted octanol–water partition coefficient (Wildman–Crippen LogP) is 2.06. The fourth-order valence-corrected chi connectivity index (χ4v) is 1.74. The molecule has 0 atom stereocenters. The zero-order chi connectivity index (χ0) is 13.5. The van der Waals surface area contributed by atoms with Crippen LogP contribution in [-0.2, 0) is 0 Å². The first kappa shape index (κ1) is 19.4. The summed E-state index contributed by atoms with van der Waals surface area (Å²) in [6.07, 6.45) is 5.32. The normalized spacial score (nSPS) is 9.38. The lowest BCUT2D eigenvalue weighted by molar-refractivity contribution is 0.0954. The number of halogens is 2. The van der Waals surface area contributed by atoms with Gasteiger partial charge in [0.15, 0.2) is 0 Å². The zero-order valence-electron chi connectivity index (χ0n) is 11.8. The Morgan fingerprint density at radius 2 is 1.90 bits per heavy atom. The summed E-state index contributed by atoms with van der Waals surface area (Å²) >= 11 is 0. The minimum Gasteiger partial charge on any atom is -0.351 e. The largest absolute Gasteiger partial charge is 0.351 e. The van der Waals surface area contributed by atoms with E-state index in [-0.39, 0.29) is 30.7 Å². The van der Waals surface area contributed by atoms with E-state index in [1.54, 1.807) is 12.5 Å². The number of rotatable bonds is 6. The monoisotopic (exact) mass is 330 g/mol. The Kier molecular flexibility index (Phi) is 9.45. The van der Waals surface area contributed by atoms with Crippen LogP contribution in [0.4, 0.5) is 0 Å². The van der Waals surface area contributed by atoms with E-state index in [0.29, 0.717) is 12.1 Å². The minimum atomic E-state index is -0.0462. The molecule has 0 unspecified atom stereocenters. The molecule has 0 saturated heterocycles. The summed E-state index contributed by atoms with van der Waals surface area (Å²) in [6.45, 7) is 4.37. The highest BCUT2D eigenvalue weighted by atomic mass is 35.5. The van der Waals surface area contributed by atoms with E-state index in [1.807, 2.05) is 42.0 Å². The van der Waals surface area contributed by atoms with Crippen molar-refractivity contribution in [3.63, 3.8) is 0 Å². The molecule has 0 aliphatic heterocycles. The number of hydrogen-bond acceptors (Lipinski definition) is 3. The minimum absolute atomic E-state index is 0. The maximum Gasteiger partial charge on any atom is 0.251 e. The van der Waals surface area contributed by atoms with Crippen LogP contribution < -0.4 is 10.6 Å². The van der Waals surface area contributed by atoms with Gasteiger partial charge in [-0.1, -0.05) is 6.92 Å². The van der Waals surface area contributed by atoms with Crippen molar-refractivity contribution >= 4 is 30.7 Å². The molecular formula is C14H20Cl2N4O. The molecule has 0 bridgehead atoms. The highest BCUT2D eigenvalue weighted by molar-refractivity contribution is 5.94. The van der Waals surface area contributed by atoms with Gasteiger partial charge in [0.25, 0.3) is 5.91 Å². The Hall–Kier alpha value is -1.56. The van der Waals surface area contributed by atoms with Crippen molar-refractivity contribution in [3.8, 4) is 5.69 Å². The molecule has 2 N–H and O–H groups in total. The summed E-state index contributed by atoms with van der Waals surface area (Å²) in [5.41, 5.74) is 1.65. The van der Waals surface area contributed by atoms with Crippen molar-refractivity contribution in [1.82, 2.24) is 20.2 Å². The second-order valence-electron chi connectivity index (χ2n) is 4.13. The number of aromatic nitrogens is 2. The molecule has 2 aromatic rings. The van der Waals surface area contributed by atoms with E-state index >= 15 is 0 Å². The van der Waals surface area contributed by atoms with Crippen LogP contribution in [0.3, 0.4) is 0 Å². The van der Waals surface area contributed by atoms with E-state index in [9.17, 15) is 4.79 Å². The van der Waals surface area contributed by atoms with E-state index in [1.165, 1.54) is 0 Å². The van der Waals surface area contributed by atoms with E-state index in [0.717, 1.165) is 18.8 Å². The van der Waals surface area contributed by atoms with Gasteiger partial charge in [-0.25, -0.2) is 4.98 Å². The van der Waals surface area contributed by atoms with Crippen molar-refractivity contribution in [2.24, 2.45) is 0 Å². The van der Waals surface area contributed by atoms with Crippen LogP contribution in [0.25, 0.3) is 5.69 Å². The van der Waals surface area contributed by atoms with Crippen LogP contribution in [0.5, 0.6) is 0 Å². The third-order valence-corrected chi connectivity index (χ3v) is 2.77. The molecule has 0 radical (unpaired) electrons. The lowest BCUT2D eigenvalue weighted by Gasteiger charge is -2.07. The molecule has 1 aromatic heterocycles. The molecule has 7 heteroatoms. The average Bonchev–Trinajstić information content (AvgIpc) is 2.98. The smallest absolute Gasteiger partial charge is 0.251 e. The second kappa shape index (κ2) is 10.2.